The van der Waals surface area contributed by atoms with Crippen LogP contribution in [-0.2, 0) is 10.7 Å². The molecule has 1 aromatic rings. The number of methoxy groups -OCH3 is 1. The molecule has 1 aliphatic rings. The number of hydrogen-bond acceptors (Lipinski definition) is 5. The van der Waals surface area contributed by atoms with E-state index in [2.05, 4.69) is 4.90 Å². The second-order valence-corrected chi connectivity index (χ2v) is 5.20. The highest BCUT2D eigenvalue weighted by Crippen LogP contribution is 2.28. The van der Waals surface area contributed by atoms with Gasteiger partial charge in [-0.25, -0.2) is 8.42 Å². The molecule has 18 heavy (non-hydrogen) atoms. The number of piperazine rings is 1. The summed E-state index contributed by atoms with van der Waals surface area (Å²) in [5.74, 6) is 1.02. The lowest BCUT2D eigenvalue weighted by molar-refractivity contribution is 0.295. The van der Waals surface area contributed by atoms with Crippen molar-refractivity contribution in [3.8, 4) is 5.75 Å². The van der Waals surface area contributed by atoms with Crippen molar-refractivity contribution in [2.24, 2.45) is 0 Å². The number of hydrogen-bond donors (Lipinski definition) is 1. The van der Waals surface area contributed by atoms with Crippen LogP contribution in [0.5, 0.6) is 5.75 Å². The zero-order valence-corrected chi connectivity index (χ0v) is 11.3. The largest absolute Gasteiger partial charge is 0.495 e. The van der Waals surface area contributed by atoms with Gasteiger partial charge in [0.25, 0.3) is 0 Å². The summed E-state index contributed by atoms with van der Waals surface area (Å²) < 4.78 is 26.7. The van der Waals surface area contributed by atoms with Crippen molar-refractivity contribution in [1.29, 1.82) is 0 Å². The Bertz CT molecular complexity index is 460. The predicted molar refractivity (Wildman–Crippen MR) is 72.0 cm³/mol. The zero-order valence-electron chi connectivity index (χ0n) is 10.4. The fraction of sp³-hybridized carbons (Fsp3) is 0.500. The first-order chi connectivity index (χ1) is 8.70. The van der Waals surface area contributed by atoms with Crippen LogP contribution in [0.4, 0.5) is 5.69 Å². The van der Waals surface area contributed by atoms with Gasteiger partial charge in [0.15, 0.2) is 10.7 Å². The Morgan fingerprint density at radius 2 is 1.83 bits per heavy atom. The number of rotatable bonds is 4. The number of anilines is 1. The van der Waals surface area contributed by atoms with Gasteiger partial charge in [-0.3, -0.25) is 4.90 Å². The van der Waals surface area contributed by atoms with E-state index in [1.807, 2.05) is 29.2 Å². The van der Waals surface area contributed by atoms with Gasteiger partial charge >= 0.3 is 0 Å². The number of thiol groups is 1. The molecular weight excluding hydrogens is 252 g/mol. The number of benzene rings is 1. The number of para-hydroxylation sites is 2. The molecule has 0 amide bonds. The first-order valence-electron chi connectivity index (χ1n) is 5.93. The summed E-state index contributed by atoms with van der Waals surface area (Å²) in [6.45, 7) is 3.18. The second kappa shape index (κ2) is 6.06. The van der Waals surface area contributed by atoms with Gasteiger partial charge in [-0.05, 0) is 12.1 Å². The topological polar surface area (TPSA) is 49.9 Å². The van der Waals surface area contributed by atoms with Crippen LogP contribution in [0.1, 0.15) is 0 Å². The Morgan fingerprint density at radius 1 is 1.17 bits per heavy atom. The molecule has 0 bridgehead atoms. The Kier molecular flexibility index (Phi) is 4.43. The lowest BCUT2D eigenvalue weighted by Crippen LogP contribution is -2.46. The molecule has 100 valence electrons. The summed E-state index contributed by atoms with van der Waals surface area (Å²) in [6, 6.07) is 7.90. The molecule has 1 saturated heterocycles. The Hall–Kier alpha value is -1.27. The fourth-order valence-corrected chi connectivity index (χ4v) is 2.79. The van der Waals surface area contributed by atoms with Gasteiger partial charge < -0.3 is 9.64 Å². The quantitative estimate of drug-likeness (QED) is 0.802. The van der Waals surface area contributed by atoms with Crippen LogP contribution in [0, 0.1) is 0 Å². The van der Waals surface area contributed by atoms with Gasteiger partial charge in [0, 0.05) is 26.2 Å². The SMILES string of the molecule is COc1ccccc1N1CCN(C[SH](=O)=O)CC1. The molecule has 0 N–H and O–H groups in total. The molecule has 0 unspecified atom stereocenters. The van der Waals surface area contributed by atoms with E-state index in [0.29, 0.717) is 0 Å². The van der Waals surface area contributed by atoms with E-state index in [1.165, 1.54) is 0 Å². The minimum atomic E-state index is -2.32. The van der Waals surface area contributed by atoms with Crippen molar-refractivity contribution in [3.05, 3.63) is 24.3 Å². The van der Waals surface area contributed by atoms with E-state index in [0.717, 1.165) is 37.6 Å². The summed E-state index contributed by atoms with van der Waals surface area (Å²) >= 11 is 0. The van der Waals surface area contributed by atoms with Gasteiger partial charge in [-0.15, -0.1) is 0 Å². The standard InChI is InChI=1S/C12H18N2O3S/c1-17-12-5-3-2-4-11(12)14-8-6-13(7-9-14)10-18(15)16/h2-5,18H,6-10H2,1H3. The van der Waals surface area contributed by atoms with Crippen molar-refractivity contribution in [2.75, 3.05) is 44.1 Å². The number of ether oxygens (including phenoxy) is 1. The first kappa shape index (κ1) is 13.2. The summed E-state index contributed by atoms with van der Waals surface area (Å²) in [5, 5.41) is 0. The molecule has 2 rings (SSSR count). The van der Waals surface area contributed by atoms with E-state index >= 15 is 0 Å². The average molecular weight is 270 g/mol. The van der Waals surface area contributed by atoms with Gasteiger partial charge in [-0.2, -0.15) is 0 Å². The highest BCUT2D eigenvalue weighted by molar-refractivity contribution is 7.72. The van der Waals surface area contributed by atoms with E-state index in [9.17, 15) is 8.42 Å². The van der Waals surface area contributed by atoms with Crippen molar-refractivity contribution in [1.82, 2.24) is 4.90 Å². The summed E-state index contributed by atoms with van der Waals surface area (Å²) in [4.78, 5) is 4.19. The van der Waals surface area contributed by atoms with Crippen LogP contribution >= 0.6 is 0 Å². The van der Waals surface area contributed by atoms with E-state index in [-0.39, 0.29) is 5.88 Å². The van der Waals surface area contributed by atoms with Crippen molar-refractivity contribution in [2.45, 2.75) is 0 Å². The highest BCUT2D eigenvalue weighted by atomic mass is 32.2. The molecular formula is C12H18N2O3S. The lowest BCUT2D eigenvalue weighted by Gasteiger charge is -2.35. The van der Waals surface area contributed by atoms with Crippen molar-refractivity contribution in [3.63, 3.8) is 0 Å². The normalized spacial score (nSPS) is 17.1. The summed E-state index contributed by atoms with van der Waals surface area (Å²) in [7, 11) is -0.655. The Morgan fingerprint density at radius 3 is 2.44 bits per heavy atom. The van der Waals surface area contributed by atoms with E-state index in [4.69, 9.17) is 4.74 Å². The maximum Gasteiger partial charge on any atom is 0.153 e. The smallest absolute Gasteiger partial charge is 0.153 e. The number of nitrogens with zero attached hydrogens (tertiary/aromatic N) is 2. The average Bonchev–Trinajstić information content (AvgIpc) is 2.39. The first-order valence-corrected chi connectivity index (χ1v) is 7.29. The highest BCUT2D eigenvalue weighted by Gasteiger charge is 2.19. The van der Waals surface area contributed by atoms with Crippen LogP contribution in [0.3, 0.4) is 0 Å². The fourth-order valence-electron chi connectivity index (χ4n) is 2.18. The van der Waals surface area contributed by atoms with Crippen LogP contribution in [0.25, 0.3) is 0 Å². The third kappa shape index (κ3) is 3.14. The van der Waals surface area contributed by atoms with Crippen LogP contribution < -0.4 is 9.64 Å². The van der Waals surface area contributed by atoms with Gasteiger partial charge in [0.05, 0.1) is 18.7 Å². The van der Waals surface area contributed by atoms with E-state index < -0.39 is 10.7 Å². The summed E-state index contributed by atoms with van der Waals surface area (Å²) in [6.07, 6.45) is 0. The van der Waals surface area contributed by atoms with Gasteiger partial charge in [0.2, 0.25) is 0 Å². The van der Waals surface area contributed by atoms with Gasteiger partial charge in [-0.1, -0.05) is 12.1 Å². The second-order valence-electron chi connectivity index (χ2n) is 4.25. The maximum atomic E-state index is 10.7. The predicted octanol–water partition coefficient (Wildman–Crippen LogP) is 0.386. The van der Waals surface area contributed by atoms with Crippen LogP contribution in [-0.4, -0.2) is 52.5 Å². The monoisotopic (exact) mass is 270 g/mol. The Balaban J connectivity index is 2.01. The molecule has 6 heteroatoms. The van der Waals surface area contributed by atoms with Crippen LogP contribution in [0.2, 0.25) is 0 Å². The molecule has 1 heterocycles. The lowest BCUT2D eigenvalue weighted by atomic mass is 10.2. The molecule has 0 atom stereocenters. The van der Waals surface area contributed by atoms with Crippen molar-refractivity contribution < 1.29 is 13.2 Å². The maximum absolute atomic E-state index is 10.7. The molecule has 0 saturated carbocycles. The third-order valence-electron chi connectivity index (χ3n) is 3.11. The molecule has 0 spiro atoms. The van der Waals surface area contributed by atoms with Gasteiger partial charge in [0.1, 0.15) is 5.75 Å². The minimum Gasteiger partial charge on any atom is -0.495 e. The molecule has 1 aromatic carbocycles. The molecule has 0 aromatic heterocycles. The molecule has 1 fully saturated rings. The zero-order chi connectivity index (χ0) is 13.0. The van der Waals surface area contributed by atoms with Crippen molar-refractivity contribution >= 4 is 16.4 Å². The van der Waals surface area contributed by atoms with E-state index in [1.54, 1.807) is 7.11 Å². The summed E-state index contributed by atoms with van der Waals surface area (Å²) in [5.41, 5.74) is 1.08. The molecule has 5 nitrogen and oxygen atoms in total. The molecule has 0 aliphatic carbocycles. The third-order valence-corrected chi connectivity index (χ3v) is 3.74. The Labute approximate surface area is 109 Å². The van der Waals surface area contributed by atoms with Crippen LogP contribution in [0.15, 0.2) is 24.3 Å². The molecule has 0 radical (unpaired) electrons. The minimum absolute atomic E-state index is 0.162. The molecule has 1 aliphatic heterocycles.